The average molecular weight is 320 g/mol. The highest BCUT2D eigenvalue weighted by Crippen LogP contribution is 2.31. The Balaban J connectivity index is 1.64. The van der Waals surface area contributed by atoms with Gasteiger partial charge in [0.2, 0.25) is 5.89 Å². The molecule has 1 atom stereocenters. The first-order valence-corrected chi connectivity index (χ1v) is 7.37. The quantitative estimate of drug-likeness (QED) is 0.905. The summed E-state index contributed by atoms with van der Waals surface area (Å²) in [6, 6.07) is 3.75. The molecular weight excluding hydrogens is 303 g/mol. The first-order chi connectivity index (χ1) is 11.1. The Bertz CT molecular complexity index is 704. The molecule has 3 rings (SSSR count). The van der Waals surface area contributed by atoms with E-state index in [1.807, 2.05) is 0 Å². The SMILES string of the molecule is Cc1noc(CNC(=O)NC2CCCOc3cc(F)ccc32)n1. The molecule has 0 spiro atoms. The van der Waals surface area contributed by atoms with E-state index in [4.69, 9.17) is 9.26 Å². The van der Waals surface area contributed by atoms with E-state index in [-0.39, 0.29) is 24.4 Å². The Kier molecular flexibility index (Phi) is 4.40. The molecule has 0 bridgehead atoms. The molecule has 0 radical (unpaired) electrons. The van der Waals surface area contributed by atoms with Crippen molar-refractivity contribution in [2.45, 2.75) is 32.4 Å². The van der Waals surface area contributed by atoms with Gasteiger partial charge in [-0.3, -0.25) is 0 Å². The van der Waals surface area contributed by atoms with E-state index >= 15 is 0 Å². The zero-order valence-corrected chi connectivity index (χ0v) is 12.6. The minimum atomic E-state index is -0.361. The number of benzene rings is 1. The number of urea groups is 1. The molecule has 8 heteroatoms. The van der Waals surface area contributed by atoms with E-state index in [1.165, 1.54) is 12.1 Å². The zero-order valence-electron chi connectivity index (χ0n) is 12.6. The minimum Gasteiger partial charge on any atom is -0.493 e. The molecule has 2 amide bonds. The summed E-state index contributed by atoms with van der Waals surface area (Å²) in [5.74, 6) is 0.962. The maximum absolute atomic E-state index is 13.3. The van der Waals surface area contributed by atoms with Gasteiger partial charge in [-0.2, -0.15) is 4.98 Å². The zero-order chi connectivity index (χ0) is 16.2. The number of aromatic nitrogens is 2. The third-order valence-corrected chi connectivity index (χ3v) is 3.52. The van der Waals surface area contributed by atoms with Crippen LogP contribution >= 0.6 is 0 Å². The molecule has 7 nitrogen and oxygen atoms in total. The highest BCUT2D eigenvalue weighted by molar-refractivity contribution is 5.74. The molecule has 0 aliphatic carbocycles. The lowest BCUT2D eigenvalue weighted by atomic mass is 10.0. The molecule has 23 heavy (non-hydrogen) atoms. The van der Waals surface area contributed by atoms with Gasteiger partial charge in [0.25, 0.3) is 0 Å². The molecule has 0 fully saturated rings. The number of aryl methyl sites for hydroxylation is 1. The molecule has 1 aromatic heterocycles. The van der Waals surface area contributed by atoms with E-state index in [0.29, 0.717) is 30.5 Å². The third kappa shape index (κ3) is 3.77. The van der Waals surface area contributed by atoms with Gasteiger partial charge in [0.1, 0.15) is 11.6 Å². The van der Waals surface area contributed by atoms with E-state index < -0.39 is 0 Å². The first-order valence-electron chi connectivity index (χ1n) is 7.37. The van der Waals surface area contributed by atoms with Crippen LogP contribution in [0.4, 0.5) is 9.18 Å². The Morgan fingerprint density at radius 1 is 1.48 bits per heavy atom. The van der Waals surface area contributed by atoms with Crippen LogP contribution in [0, 0.1) is 12.7 Å². The van der Waals surface area contributed by atoms with Crippen LogP contribution in [0.5, 0.6) is 5.75 Å². The maximum atomic E-state index is 13.3. The van der Waals surface area contributed by atoms with E-state index in [9.17, 15) is 9.18 Å². The van der Waals surface area contributed by atoms with Crippen LogP contribution in [-0.4, -0.2) is 22.8 Å². The molecule has 0 saturated carbocycles. The normalized spacial score (nSPS) is 16.9. The van der Waals surface area contributed by atoms with Crippen LogP contribution in [0.1, 0.15) is 36.2 Å². The number of hydrogen-bond acceptors (Lipinski definition) is 5. The standard InChI is InChI=1S/C15H17FN4O3/c1-9-18-14(23-20-9)8-17-15(21)19-12-3-2-6-22-13-7-10(16)4-5-11(12)13/h4-5,7,12H,2-3,6,8H2,1H3,(H2,17,19,21). The Hall–Kier alpha value is -2.64. The van der Waals surface area contributed by atoms with Crippen molar-refractivity contribution in [1.82, 2.24) is 20.8 Å². The Morgan fingerprint density at radius 3 is 3.13 bits per heavy atom. The lowest BCUT2D eigenvalue weighted by molar-refractivity contribution is 0.234. The van der Waals surface area contributed by atoms with E-state index in [1.54, 1.807) is 13.0 Å². The predicted molar refractivity (Wildman–Crippen MR) is 78.3 cm³/mol. The van der Waals surface area contributed by atoms with Gasteiger partial charge in [-0.25, -0.2) is 9.18 Å². The number of carbonyl (C=O) groups excluding carboxylic acids is 1. The second-order valence-electron chi connectivity index (χ2n) is 5.29. The third-order valence-electron chi connectivity index (χ3n) is 3.52. The molecule has 1 unspecified atom stereocenters. The fourth-order valence-electron chi connectivity index (χ4n) is 2.47. The number of fused-ring (bicyclic) bond motifs is 1. The molecule has 1 aliphatic heterocycles. The van der Waals surface area contributed by atoms with Crippen molar-refractivity contribution in [3.63, 3.8) is 0 Å². The molecule has 0 saturated heterocycles. The van der Waals surface area contributed by atoms with Crippen molar-refractivity contribution >= 4 is 6.03 Å². The molecule has 122 valence electrons. The van der Waals surface area contributed by atoms with Gasteiger partial charge >= 0.3 is 6.03 Å². The number of amides is 2. The fraction of sp³-hybridized carbons (Fsp3) is 0.400. The van der Waals surface area contributed by atoms with Gasteiger partial charge in [0.05, 0.1) is 19.2 Å². The number of ether oxygens (including phenoxy) is 1. The summed E-state index contributed by atoms with van der Waals surface area (Å²) in [6.07, 6.45) is 1.48. The second kappa shape index (κ2) is 6.64. The van der Waals surface area contributed by atoms with Crippen molar-refractivity contribution in [3.05, 3.63) is 41.3 Å². The predicted octanol–water partition coefficient (Wildman–Crippen LogP) is 2.23. The fourth-order valence-corrected chi connectivity index (χ4v) is 2.47. The van der Waals surface area contributed by atoms with Crippen molar-refractivity contribution in [2.75, 3.05) is 6.61 Å². The molecule has 2 heterocycles. The minimum absolute atomic E-state index is 0.145. The van der Waals surface area contributed by atoms with Crippen molar-refractivity contribution in [1.29, 1.82) is 0 Å². The number of carbonyl (C=O) groups is 1. The molecule has 2 aromatic rings. The first kappa shape index (κ1) is 15.3. The summed E-state index contributed by atoms with van der Waals surface area (Å²) in [5, 5.41) is 9.18. The number of hydrogen-bond donors (Lipinski definition) is 2. The highest BCUT2D eigenvalue weighted by Gasteiger charge is 2.22. The average Bonchev–Trinajstić information content (AvgIpc) is 2.84. The smallest absolute Gasteiger partial charge is 0.315 e. The maximum Gasteiger partial charge on any atom is 0.315 e. The second-order valence-corrected chi connectivity index (χ2v) is 5.29. The van der Waals surface area contributed by atoms with Gasteiger partial charge in [0, 0.05) is 11.6 Å². The van der Waals surface area contributed by atoms with Crippen LogP contribution in [0.25, 0.3) is 0 Å². The van der Waals surface area contributed by atoms with Gasteiger partial charge in [-0.05, 0) is 25.8 Å². The van der Waals surface area contributed by atoms with Crippen LogP contribution in [0.2, 0.25) is 0 Å². The van der Waals surface area contributed by atoms with Gasteiger partial charge in [-0.1, -0.05) is 11.2 Å². The summed E-state index contributed by atoms with van der Waals surface area (Å²) in [7, 11) is 0. The number of nitrogens with one attached hydrogen (secondary N) is 2. The van der Waals surface area contributed by atoms with E-state index in [0.717, 1.165) is 12.0 Å². The lowest BCUT2D eigenvalue weighted by Crippen LogP contribution is -2.37. The Morgan fingerprint density at radius 2 is 2.35 bits per heavy atom. The summed E-state index contributed by atoms with van der Waals surface area (Å²) in [5.41, 5.74) is 0.771. The van der Waals surface area contributed by atoms with Gasteiger partial charge in [0.15, 0.2) is 5.82 Å². The molecular formula is C15H17FN4O3. The summed E-state index contributed by atoms with van der Waals surface area (Å²) >= 11 is 0. The topological polar surface area (TPSA) is 89.3 Å². The molecule has 2 N–H and O–H groups in total. The Labute approximate surface area is 132 Å². The number of nitrogens with zero attached hydrogens (tertiary/aromatic N) is 2. The summed E-state index contributed by atoms with van der Waals surface area (Å²) in [6.45, 7) is 2.35. The molecule has 1 aliphatic rings. The van der Waals surface area contributed by atoms with Crippen LogP contribution < -0.4 is 15.4 Å². The summed E-state index contributed by atoms with van der Waals surface area (Å²) in [4.78, 5) is 16.1. The monoisotopic (exact) mass is 320 g/mol. The van der Waals surface area contributed by atoms with Crippen LogP contribution in [0.15, 0.2) is 22.7 Å². The van der Waals surface area contributed by atoms with Crippen molar-refractivity contribution < 1.29 is 18.4 Å². The van der Waals surface area contributed by atoms with Crippen LogP contribution in [0.3, 0.4) is 0 Å². The van der Waals surface area contributed by atoms with Gasteiger partial charge < -0.3 is 19.9 Å². The molecule has 1 aromatic carbocycles. The number of halogens is 1. The number of rotatable bonds is 3. The lowest BCUT2D eigenvalue weighted by Gasteiger charge is -2.18. The largest absolute Gasteiger partial charge is 0.493 e. The van der Waals surface area contributed by atoms with Crippen molar-refractivity contribution in [3.8, 4) is 5.75 Å². The highest BCUT2D eigenvalue weighted by atomic mass is 19.1. The van der Waals surface area contributed by atoms with Gasteiger partial charge in [-0.15, -0.1) is 0 Å². The summed E-state index contributed by atoms with van der Waals surface area (Å²) < 4.78 is 23.8. The van der Waals surface area contributed by atoms with E-state index in [2.05, 4.69) is 20.8 Å². The van der Waals surface area contributed by atoms with Crippen molar-refractivity contribution in [2.24, 2.45) is 0 Å². The van der Waals surface area contributed by atoms with Crippen LogP contribution in [-0.2, 0) is 6.54 Å².